The minimum atomic E-state index is -1.60. The van der Waals surface area contributed by atoms with E-state index in [0.717, 1.165) is 57.8 Å². The first-order valence-corrected chi connectivity index (χ1v) is 26.0. The van der Waals surface area contributed by atoms with E-state index < -0.39 is 85.2 Å². The summed E-state index contributed by atoms with van der Waals surface area (Å²) in [7, 11) is 0. The average Bonchev–Trinajstić information content (AvgIpc) is 3.26. The van der Waals surface area contributed by atoms with Crippen LogP contribution in [0.3, 0.4) is 0 Å². The summed E-state index contributed by atoms with van der Waals surface area (Å²) < 4.78 is 11.3. The fourth-order valence-electron chi connectivity index (χ4n) is 8.04. The largest absolute Gasteiger partial charge is 0.444 e. The SMILES string of the molecule is CCCCCCCCC=CCCCCCCCC(=O)N(CCCCCCCCCCCCCC)[C@@H]1O[C@H](CO)[C@@H](O)[C@H](O)[C@H]1NC(=O)CNC(=O)[C@H](C)NC(=O)[C@H](C)NC(=O)OC(C)(C)C. The van der Waals surface area contributed by atoms with Crippen LogP contribution in [0.1, 0.15) is 215 Å². The maximum atomic E-state index is 14.1. The summed E-state index contributed by atoms with van der Waals surface area (Å²) in [5, 5.41) is 42.4. The standard InChI is InChI=1S/C51H95N5O10/c1-8-10-12-14-16-18-20-22-23-24-25-27-29-31-33-35-43(59)56(36-34-32-30-28-26-21-19-17-15-13-11-9-2)49-44(46(61)45(60)41(38-57)65-49)55-42(58)37-52-47(62)39(3)53-48(63)40(4)54-50(64)66-51(5,6)7/h22-23,39-41,44-46,49,57,60-61H,8-21,24-38H2,1-7H3,(H,52,62)(H,53,63)(H,54,64)(H,55,58)/t39-,40-,41+,44+,45+,46+,49+/m0/s1. The first-order chi connectivity index (χ1) is 31.6. The number of aliphatic hydroxyl groups excluding tert-OH is 3. The van der Waals surface area contributed by atoms with E-state index in [2.05, 4.69) is 47.3 Å². The molecule has 0 aromatic heterocycles. The number of amides is 5. The van der Waals surface area contributed by atoms with Crippen LogP contribution in [0.25, 0.3) is 0 Å². The number of aliphatic hydroxyl groups is 3. The van der Waals surface area contributed by atoms with Crippen molar-refractivity contribution in [2.75, 3.05) is 19.7 Å². The highest BCUT2D eigenvalue weighted by atomic mass is 16.6. The van der Waals surface area contributed by atoms with Crippen molar-refractivity contribution in [1.29, 1.82) is 0 Å². The second-order valence-corrected chi connectivity index (χ2v) is 19.4. The van der Waals surface area contributed by atoms with E-state index in [-0.39, 0.29) is 12.3 Å². The third-order valence-electron chi connectivity index (χ3n) is 12.1. The highest BCUT2D eigenvalue weighted by molar-refractivity contribution is 5.92. The maximum Gasteiger partial charge on any atom is 0.408 e. The first kappa shape index (κ1) is 60.7. The lowest BCUT2D eigenvalue weighted by Crippen LogP contribution is -2.69. The van der Waals surface area contributed by atoms with Crippen molar-refractivity contribution in [1.82, 2.24) is 26.2 Å². The van der Waals surface area contributed by atoms with Gasteiger partial charge in [0, 0.05) is 13.0 Å². The van der Waals surface area contributed by atoms with Crippen LogP contribution in [0.4, 0.5) is 4.79 Å². The molecule has 0 aromatic rings. The van der Waals surface area contributed by atoms with Gasteiger partial charge in [0.2, 0.25) is 23.6 Å². The molecule has 1 fully saturated rings. The predicted octanol–water partition coefficient (Wildman–Crippen LogP) is 8.01. The number of unbranched alkanes of at least 4 members (excludes halogenated alkanes) is 22. The Hall–Kier alpha value is -3.27. The first-order valence-electron chi connectivity index (χ1n) is 26.0. The molecule has 5 amide bonds. The third kappa shape index (κ3) is 28.2. The fourth-order valence-corrected chi connectivity index (χ4v) is 8.04. The Morgan fingerprint density at radius 1 is 0.652 bits per heavy atom. The molecule has 1 rings (SSSR count). The lowest BCUT2D eigenvalue weighted by Gasteiger charge is -2.47. The van der Waals surface area contributed by atoms with E-state index in [9.17, 15) is 39.3 Å². The molecule has 1 heterocycles. The van der Waals surface area contributed by atoms with Gasteiger partial charge in [0.25, 0.3) is 0 Å². The number of alkyl carbamates (subject to hydrolysis) is 1. The molecule has 0 spiro atoms. The van der Waals surface area contributed by atoms with E-state index in [1.807, 2.05) is 0 Å². The Labute approximate surface area is 399 Å². The number of carbonyl (C=O) groups is 5. The van der Waals surface area contributed by atoms with Gasteiger partial charge in [-0.2, -0.15) is 0 Å². The molecule has 7 atom stereocenters. The van der Waals surface area contributed by atoms with Gasteiger partial charge in [-0.05, 0) is 73.1 Å². The van der Waals surface area contributed by atoms with Crippen LogP contribution in [0, 0.1) is 0 Å². The van der Waals surface area contributed by atoms with E-state index >= 15 is 0 Å². The number of hydrogen-bond acceptors (Lipinski definition) is 10. The molecule has 7 N–H and O–H groups in total. The van der Waals surface area contributed by atoms with Gasteiger partial charge in [0.1, 0.15) is 42.0 Å². The van der Waals surface area contributed by atoms with Gasteiger partial charge in [-0.1, -0.05) is 148 Å². The summed E-state index contributed by atoms with van der Waals surface area (Å²) >= 11 is 0. The number of ether oxygens (including phenoxy) is 2. The molecule has 0 saturated carbocycles. The second-order valence-electron chi connectivity index (χ2n) is 19.4. The number of hydrogen-bond donors (Lipinski definition) is 7. The molecule has 15 nitrogen and oxygen atoms in total. The molecule has 1 aliphatic heterocycles. The van der Waals surface area contributed by atoms with Gasteiger partial charge >= 0.3 is 6.09 Å². The monoisotopic (exact) mass is 938 g/mol. The Morgan fingerprint density at radius 3 is 1.62 bits per heavy atom. The van der Waals surface area contributed by atoms with Crippen molar-refractivity contribution >= 4 is 29.7 Å². The Bertz CT molecular complexity index is 1360. The van der Waals surface area contributed by atoms with Crippen molar-refractivity contribution < 1.29 is 48.8 Å². The van der Waals surface area contributed by atoms with E-state index in [1.54, 1.807) is 20.8 Å². The van der Waals surface area contributed by atoms with Gasteiger partial charge < -0.3 is 51.0 Å². The van der Waals surface area contributed by atoms with Crippen molar-refractivity contribution in [2.24, 2.45) is 0 Å². The summed E-state index contributed by atoms with van der Waals surface area (Å²) in [5.74, 6) is -2.27. The maximum absolute atomic E-state index is 14.1. The molecule has 0 bridgehead atoms. The molecule has 0 aliphatic carbocycles. The Balaban J connectivity index is 2.89. The van der Waals surface area contributed by atoms with Crippen molar-refractivity contribution in [3.8, 4) is 0 Å². The smallest absolute Gasteiger partial charge is 0.408 e. The molecule has 384 valence electrons. The lowest BCUT2D eigenvalue weighted by molar-refractivity contribution is -0.231. The zero-order valence-electron chi connectivity index (χ0n) is 42.3. The van der Waals surface area contributed by atoms with Gasteiger partial charge in [-0.25, -0.2) is 4.79 Å². The van der Waals surface area contributed by atoms with Crippen LogP contribution in [0.5, 0.6) is 0 Å². The van der Waals surface area contributed by atoms with E-state index in [4.69, 9.17) is 9.47 Å². The number of nitrogens with zero attached hydrogens (tertiary/aromatic N) is 1. The molecule has 0 radical (unpaired) electrons. The Morgan fingerprint density at radius 2 is 1.12 bits per heavy atom. The van der Waals surface area contributed by atoms with Crippen LogP contribution < -0.4 is 21.3 Å². The van der Waals surface area contributed by atoms with Crippen molar-refractivity contribution in [3.63, 3.8) is 0 Å². The normalized spacial score (nSPS) is 19.5. The minimum Gasteiger partial charge on any atom is -0.444 e. The van der Waals surface area contributed by atoms with Crippen LogP contribution in [0.2, 0.25) is 0 Å². The average molecular weight is 938 g/mol. The second kappa shape index (κ2) is 36.7. The molecular weight excluding hydrogens is 843 g/mol. The summed E-state index contributed by atoms with van der Waals surface area (Å²) in [6, 6.07) is -3.38. The van der Waals surface area contributed by atoms with Gasteiger partial charge in [-0.3, -0.25) is 19.2 Å². The van der Waals surface area contributed by atoms with Gasteiger partial charge in [0.05, 0.1) is 13.2 Å². The number of allylic oxidation sites excluding steroid dienone is 2. The quantitative estimate of drug-likeness (QED) is 0.0235. The van der Waals surface area contributed by atoms with Gasteiger partial charge in [-0.15, -0.1) is 0 Å². The predicted molar refractivity (Wildman–Crippen MR) is 261 cm³/mol. The van der Waals surface area contributed by atoms with Crippen molar-refractivity contribution in [2.45, 2.75) is 264 Å². The molecule has 66 heavy (non-hydrogen) atoms. The zero-order chi connectivity index (χ0) is 49.2. The molecule has 1 saturated heterocycles. The third-order valence-corrected chi connectivity index (χ3v) is 12.1. The molecule has 15 heteroatoms. The zero-order valence-corrected chi connectivity index (χ0v) is 42.3. The van der Waals surface area contributed by atoms with E-state index in [0.29, 0.717) is 19.4 Å². The number of nitrogens with one attached hydrogen (secondary N) is 4. The summed E-state index contributed by atoms with van der Waals surface area (Å²) in [4.78, 5) is 66.7. The molecule has 0 unspecified atom stereocenters. The topological polar surface area (TPSA) is 216 Å². The van der Waals surface area contributed by atoms with Crippen molar-refractivity contribution in [3.05, 3.63) is 12.2 Å². The highest BCUT2D eigenvalue weighted by Crippen LogP contribution is 2.26. The molecular formula is C51H95N5O10. The van der Waals surface area contributed by atoms with Crippen LogP contribution in [-0.2, 0) is 28.7 Å². The number of carbonyl (C=O) groups excluding carboxylic acids is 5. The Kier molecular flexibility index (Phi) is 33.8. The molecule has 1 aliphatic rings. The summed E-state index contributed by atoms with van der Waals surface area (Å²) in [6.45, 7) is 11.5. The van der Waals surface area contributed by atoms with Crippen LogP contribution >= 0.6 is 0 Å². The van der Waals surface area contributed by atoms with Gasteiger partial charge in [0.15, 0.2) is 6.23 Å². The van der Waals surface area contributed by atoms with E-state index in [1.165, 1.54) is 109 Å². The van der Waals surface area contributed by atoms with Crippen LogP contribution in [-0.4, -0.2) is 118 Å². The highest BCUT2D eigenvalue weighted by Gasteiger charge is 2.48. The lowest BCUT2D eigenvalue weighted by atomic mass is 9.94. The fraction of sp³-hybridized carbons (Fsp3) is 0.863. The number of rotatable bonds is 37. The summed E-state index contributed by atoms with van der Waals surface area (Å²) in [5.41, 5.74) is -0.768. The minimum absolute atomic E-state index is 0.200. The molecule has 0 aromatic carbocycles. The summed E-state index contributed by atoms with van der Waals surface area (Å²) in [6.07, 6.45) is 26.9. The van der Waals surface area contributed by atoms with Crippen LogP contribution in [0.15, 0.2) is 12.2 Å².